The van der Waals surface area contributed by atoms with Crippen LogP contribution in [0.25, 0.3) is 0 Å². The molecule has 1 spiro atoms. The molecule has 3 aliphatic carbocycles. The largest absolute Gasteiger partial charge is 0.328 e. The maximum Gasteiger partial charge on any atom is 0.00388 e. The molecule has 0 aliphatic heterocycles. The fourth-order valence-corrected chi connectivity index (χ4v) is 3.81. The summed E-state index contributed by atoms with van der Waals surface area (Å²) >= 11 is 0. The third-order valence-electron chi connectivity index (χ3n) is 5.19. The van der Waals surface area contributed by atoms with Crippen LogP contribution in [0, 0.1) is 0 Å². The molecule has 0 unspecified atom stereocenters. The van der Waals surface area contributed by atoms with Crippen LogP contribution in [-0.2, 0) is 11.8 Å². The number of rotatable bonds is 0. The molecule has 19 heavy (non-hydrogen) atoms. The van der Waals surface area contributed by atoms with Crippen LogP contribution in [0.2, 0.25) is 0 Å². The SMILES string of the molecule is NC1CCCCC1.c1ccc2c(c1)CCCC21CC1. The fourth-order valence-electron chi connectivity index (χ4n) is 3.81. The molecule has 0 amide bonds. The van der Waals surface area contributed by atoms with Gasteiger partial charge in [0.2, 0.25) is 0 Å². The number of benzene rings is 1. The standard InChI is InChI=1S/C12H14.C6H13N/c1-2-6-11-10(4-1)5-3-7-12(11)8-9-12;7-6-4-2-1-3-5-6/h1-2,4,6H,3,5,7-9H2;6H,1-5,7H2. The number of hydrogen-bond acceptors (Lipinski definition) is 1. The van der Waals surface area contributed by atoms with Crippen LogP contribution in [0.4, 0.5) is 0 Å². The van der Waals surface area contributed by atoms with Gasteiger partial charge in [-0.1, -0.05) is 43.5 Å². The van der Waals surface area contributed by atoms with E-state index < -0.39 is 0 Å². The Morgan fingerprint density at radius 3 is 2.26 bits per heavy atom. The summed E-state index contributed by atoms with van der Waals surface area (Å²) in [7, 11) is 0. The highest BCUT2D eigenvalue weighted by Crippen LogP contribution is 2.55. The molecule has 2 fully saturated rings. The third-order valence-corrected chi connectivity index (χ3v) is 5.19. The number of hydrogen-bond donors (Lipinski definition) is 1. The van der Waals surface area contributed by atoms with Crippen molar-refractivity contribution in [1.82, 2.24) is 0 Å². The van der Waals surface area contributed by atoms with Crippen molar-refractivity contribution in [2.24, 2.45) is 5.73 Å². The molecular formula is C18H27N. The van der Waals surface area contributed by atoms with Crippen LogP contribution < -0.4 is 5.73 Å². The maximum absolute atomic E-state index is 5.63. The van der Waals surface area contributed by atoms with Gasteiger partial charge in [-0.25, -0.2) is 0 Å². The van der Waals surface area contributed by atoms with E-state index in [1.165, 1.54) is 64.2 Å². The van der Waals surface area contributed by atoms with E-state index in [1.54, 1.807) is 11.1 Å². The monoisotopic (exact) mass is 257 g/mol. The zero-order valence-electron chi connectivity index (χ0n) is 12.0. The Morgan fingerprint density at radius 1 is 0.895 bits per heavy atom. The van der Waals surface area contributed by atoms with Crippen molar-refractivity contribution < 1.29 is 0 Å². The Bertz CT molecular complexity index is 413. The second kappa shape index (κ2) is 5.66. The summed E-state index contributed by atoms with van der Waals surface area (Å²) in [5.41, 5.74) is 9.60. The lowest BCUT2D eigenvalue weighted by Gasteiger charge is -2.24. The van der Waals surface area contributed by atoms with Gasteiger partial charge in [0.25, 0.3) is 0 Å². The second-order valence-corrected chi connectivity index (χ2v) is 6.69. The fraction of sp³-hybridized carbons (Fsp3) is 0.667. The van der Waals surface area contributed by atoms with Crippen LogP contribution in [-0.4, -0.2) is 6.04 Å². The van der Waals surface area contributed by atoms with Gasteiger partial charge in [-0.2, -0.15) is 0 Å². The molecule has 1 heteroatoms. The molecule has 1 aromatic carbocycles. The average molecular weight is 257 g/mol. The van der Waals surface area contributed by atoms with Crippen molar-refractivity contribution >= 4 is 0 Å². The Morgan fingerprint density at radius 2 is 1.63 bits per heavy atom. The maximum atomic E-state index is 5.63. The van der Waals surface area contributed by atoms with E-state index in [0.717, 1.165) is 0 Å². The predicted octanol–water partition coefficient (Wildman–Crippen LogP) is 4.33. The first-order valence-corrected chi connectivity index (χ1v) is 8.14. The van der Waals surface area contributed by atoms with Crippen molar-refractivity contribution in [2.75, 3.05) is 0 Å². The summed E-state index contributed by atoms with van der Waals surface area (Å²) in [6, 6.07) is 9.58. The summed E-state index contributed by atoms with van der Waals surface area (Å²) in [5.74, 6) is 0. The van der Waals surface area contributed by atoms with Gasteiger partial charge in [-0.15, -0.1) is 0 Å². The van der Waals surface area contributed by atoms with E-state index >= 15 is 0 Å². The molecule has 2 saturated carbocycles. The summed E-state index contributed by atoms with van der Waals surface area (Å²) in [6.45, 7) is 0. The van der Waals surface area contributed by atoms with Crippen molar-refractivity contribution in [3.8, 4) is 0 Å². The van der Waals surface area contributed by atoms with Gasteiger partial charge in [-0.3, -0.25) is 0 Å². The lowest BCUT2D eigenvalue weighted by atomic mass is 9.80. The summed E-state index contributed by atoms with van der Waals surface area (Å²) < 4.78 is 0. The lowest BCUT2D eigenvalue weighted by Crippen LogP contribution is -2.22. The minimum Gasteiger partial charge on any atom is -0.328 e. The quantitative estimate of drug-likeness (QED) is 0.735. The van der Waals surface area contributed by atoms with Gasteiger partial charge in [0.15, 0.2) is 0 Å². The molecule has 0 atom stereocenters. The van der Waals surface area contributed by atoms with Gasteiger partial charge < -0.3 is 5.73 Å². The van der Waals surface area contributed by atoms with Gasteiger partial charge in [0.1, 0.15) is 0 Å². The number of nitrogens with two attached hydrogens (primary N) is 1. The summed E-state index contributed by atoms with van der Waals surface area (Å²) in [6.07, 6.45) is 13.7. The van der Waals surface area contributed by atoms with Crippen molar-refractivity contribution in [1.29, 1.82) is 0 Å². The first-order chi connectivity index (χ1) is 9.30. The molecule has 4 rings (SSSR count). The normalized spacial score (nSPS) is 24.3. The molecule has 2 N–H and O–H groups in total. The summed E-state index contributed by atoms with van der Waals surface area (Å²) in [5, 5.41) is 0. The van der Waals surface area contributed by atoms with Crippen LogP contribution in [0.3, 0.4) is 0 Å². The zero-order chi connectivity index (χ0) is 13.1. The topological polar surface area (TPSA) is 26.0 Å². The van der Waals surface area contributed by atoms with Crippen LogP contribution in [0.5, 0.6) is 0 Å². The van der Waals surface area contributed by atoms with Gasteiger partial charge in [0, 0.05) is 6.04 Å². The minimum absolute atomic E-state index is 0.536. The lowest BCUT2D eigenvalue weighted by molar-refractivity contribution is 0.441. The second-order valence-electron chi connectivity index (χ2n) is 6.69. The van der Waals surface area contributed by atoms with E-state index in [-0.39, 0.29) is 0 Å². The van der Waals surface area contributed by atoms with Crippen LogP contribution in [0.15, 0.2) is 24.3 Å². The average Bonchev–Trinajstić information content (AvgIpc) is 3.22. The smallest absolute Gasteiger partial charge is 0.00388 e. The highest BCUT2D eigenvalue weighted by molar-refractivity contribution is 5.40. The first-order valence-electron chi connectivity index (χ1n) is 8.14. The van der Waals surface area contributed by atoms with E-state index in [9.17, 15) is 0 Å². The molecule has 0 aromatic heterocycles. The molecular weight excluding hydrogens is 230 g/mol. The van der Waals surface area contributed by atoms with Gasteiger partial charge >= 0.3 is 0 Å². The molecule has 1 nitrogen and oxygen atoms in total. The van der Waals surface area contributed by atoms with Crippen molar-refractivity contribution in [3.63, 3.8) is 0 Å². The zero-order valence-corrected chi connectivity index (χ0v) is 12.0. The highest BCUT2D eigenvalue weighted by Gasteiger charge is 2.46. The first kappa shape index (κ1) is 13.2. The van der Waals surface area contributed by atoms with Crippen molar-refractivity contribution in [3.05, 3.63) is 35.4 Å². The van der Waals surface area contributed by atoms with Crippen molar-refractivity contribution in [2.45, 2.75) is 75.7 Å². The molecule has 0 saturated heterocycles. The number of fused-ring (bicyclic) bond motifs is 2. The van der Waals surface area contributed by atoms with E-state index in [4.69, 9.17) is 5.73 Å². The van der Waals surface area contributed by atoms with Crippen LogP contribution >= 0.6 is 0 Å². The Labute approximate surface area is 117 Å². The van der Waals surface area contributed by atoms with Gasteiger partial charge in [0.05, 0.1) is 0 Å². The van der Waals surface area contributed by atoms with E-state index in [2.05, 4.69) is 24.3 Å². The van der Waals surface area contributed by atoms with Crippen LogP contribution in [0.1, 0.15) is 68.9 Å². The Hall–Kier alpha value is -0.820. The molecule has 1 aromatic rings. The molecule has 104 valence electrons. The predicted molar refractivity (Wildman–Crippen MR) is 81.4 cm³/mol. The van der Waals surface area contributed by atoms with E-state index in [1.807, 2.05) is 0 Å². The molecule has 3 aliphatic rings. The van der Waals surface area contributed by atoms with E-state index in [0.29, 0.717) is 11.5 Å². The highest BCUT2D eigenvalue weighted by atomic mass is 14.6. The molecule has 0 radical (unpaired) electrons. The third kappa shape index (κ3) is 3.02. The Kier molecular flexibility index (Phi) is 3.93. The minimum atomic E-state index is 0.536. The number of aryl methyl sites for hydroxylation is 1. The summed E-state index contributed by atoms with van der Waals surface area (Å²) in [4.78, 5) is 0. The molecule has 0 bridgehead atoms. The Balaban J connectivity index is 0.000000136. The molecule has 0 heterocycles. The van der Waals surface area contributed by atoms with Gasteiger partial charge in [-0.05, 0) is 61.5 Å².